The summed E-state index contributed by atoms with van der Waals surface area (Å²) in [5.41, 5.74) is 8.51. The fourth-order valence-corrected chi connectivity index (χ4v) is 3.34. The smallest absolute Gasteiger partial charge is 0.0377 e. The molecule has 0 amide bonds. The van der Waals surface area contributed by atoms with E-state index in [4.69, 9.17) is 5.73 Å². The third-order valence-electron chi connectivity index (χ3n) is 4.11. The monoisotopic (exact) mass is 324 g/mol. The van der Waals surface area contributed by atoms with Crippen molar-refractivity contribution in [2.45, 2.75) is 39.7 Å². The van der Waals surface area contributed by atoms with Crippen LogP contribution in [0.5, 0.6) is 0 Å². The van der Waals surface area contributed by atoms with Crippen molar-refractivity contribution in [2.75, 3.05) is 18.0 Å². The standard InChI is InChI=1S/C16H25BrN2/c1-11(2)14-6-7-19(10-14)15-5-4-13(8-12(3)18)16(17)9-15/h4-5,9,11-12,14H,6-8,10,18H2,1-3H3. The summed E-state index contributed by atoms with van der Waals surface area (Å²) in [6.07, 6.45) is 2.24. The molecule has 2 nitrogen and oxygen atoms in total. The lowest BCUT2D eigenvalue weighted by molar-refractivity contribution is 0.423. The average Bonchev–Trinajstić information content (AvgIpc) is 2.80. The fourth-order valence-electron chi connectivity index (χ4n) is 2.81. The van der Waals surface area contributed by atoms with Crippen molar-refractivity contribution in [3.8, 4) is 0 Å². The summed E-state index contributed by atoms with van der Waals surface area (Å²) in [6, 6.07) is 6.91. The average molecular weight is 325 g/mol. The molecule has 0 spiro atoms. The number of hydrogen-bond donors (Lipinski definition) is 1. The molecular formula is C16H25BrN2. The minimum atomic E-state index is 0.208. The van der Waals surface area contributed by atoms with Crippen LogP contribution in [0.25, 0.3) is 0 Å². The van der Waals surface area contributed by atoms with E-state index < -0.39 is 0 Å². The van der Waals surface area contributed by atoms with Gasteiger partial charge in [0, 0.05) is 29.3 Å². The van der Waals surface area contributed by atoms with Gasteiger partial charge in [0.05, 0.1) is 0 Å². The molecule has 0 radical (unpaired) electrons. The van der Waals surface area contributed by atoms with Crippen molar-refractivity contribution >= 4 is 21.6 Å². The second kappa shape index (κ2) is 6.27. The zero-order chi connectivity index (χ0) is 14.0. The van der Waals surface area contributed by atoms with Gasteiger partial charge in [0.2, 0.25) is 0 Å². The van der Waals surface area contributed by atoms with Crippen molar-refractivity contribution in [3.63, 3.8) is 0 Å². The topological polar surface area (TPSA) is 29.3 Å². The van der Waals surface area contributed by atoms with Crippen LogP contribution in [0, 0.1) is 11.8 Å². The van der Waals surface area contributed by atoms with E-state index in [9.17, 15) is 0 Å². The van der Waals surface area contributed by atoms with Gasteiger partial charge in [-0.05, 0) is 49.3 Å². The van der Waals surface area contributed by atoms with Crippen LogP contribution in [-0.4, -0.2) is 19.1 Å². The lowest BCUT2D eigenvalue weighted by Gasteiger charge is -2.21. The molecule has 2 atom stereocenters. The van der Waals surface area contributed by atoms with Gasteiger partial charge in [-0.1, -0.05) is 35.8 Å². The molecule has 1 aromatic carbocycles. The van der Waals surface area contributed by atoms with Crippen molar-refractivity contribution in [3.05, 3.63) is 28.2 Å². The van der Waals surface area contributed by atoms with Gasteiger partial charge in [-0.25, -0.2) is 0 Å². The molecule has 2 N–H and O–H groups in total. The summed E-state index contributed by atoms with van der Waals surface area (Å²) in [5, 5.41) is 0. The number of anilines is 1. The normalized spacial score (nSPS) is 21.2. The van der Waals surface area contributed by atoms with E-state index in [1.54, 1.807) is 0 Å². The highest BCUT2D eigenvalue weighted by Gasteiger charge is 2.25. The van der Waals surface area contributed by atoms with E-state index in [2.05, 4.69) is 52.9 Å². The van der Waals surface area contributed by atoms with E-state index in [0.717, 1.165) is 18.3 Å². The Labute approximate surface area is 125 Å². The Balaban J connectivity index is 2.08. The highest BCUT2D eigenvalue weighted by atomic mass is 79.9. The second-order valence-electron chi connectivity index (χ2n) is 6.20. The minimum absolute atomic E-state index is 0.208. The van der Waals surface area contributed by atoms with Crippen molar-refractivity contribution in [2.24, 2.45) is 17.6 Å². The van der Waals surface area contributed by atoms with Gasteiger partial charge in [0.15, 0.2) is 0 Å². The summed E-state index contributed by atoms with van der Waals surface area (Å²) in [6.45, 7) is 9.08. The van der Waals surface area contributed by atoms with Crippen molar-refractivity contribution in [1.82, 2.24) is 0 Å². The molecular weight excluding hydrogens is 300 g/mol. The molecule has 2 rings (SSSR count). The molecule has 1 aromatic rings. The third kappa shape index (κ3) is 3.73. The highest BCUT2D eigenvalue weighted by Crippen LogP contribution is 2.31. The molecule has 0 aromatic heterocycles. The Morgan fingerprint density at radius 1 is 1.37 bits per heavy atom. The van der Waals surface area contributed by atoms with Crippen LogP contribution in [-0.2, 0) is 6.42 Å². The lowest BCUT2D eigenvalue weighted by atomic mass is 9.95. The predicted octanol–water partition coefficient (Wildman–Crippen LogP) is 3.82. The number of benzene rings is 1. The Bertz CT molecular complexity index is 429. The largest absolute Gasteiger partial charge is 0.371 e. The highest BCUT2D eigenvalue weighted by molar-refractivity contribution is 9.10. The summed E-state index contributed by atoms with van der Waals surface area (Å²) >= 11 is 3.68. The molecule has 106 valence electrons. The first-order valence-electron chi connectivity index (χ1n) is 7.26. The predicted molar refractivity (Wildman–Crippen MR) is 86.7 cm³/mol. The van der Waals surface area contributed by atoms with Crippen LogP contribution >= 0.6 is 15.9 Å². The van der Waals surface area contributed by atoms with Crippen molar-refractivity contribution < 1.29 is 0 Å². The molecule has 0 saturated carbocycles. The van der Waals surface area contributed by atoms with Gasteiger partial charge >= 0.3 is 0 Å². The van der Waals surface area contributed by atoms with Crippen LogP contribution in [0.2, 0.25) is 0 Å². The van der Waals surface area contributed by atoms with Gasteiger partial charge in [-0.3, -0.25) is 0 Å². The number of nitrogens with two attached hydrogens (primary N) is 1. The maximum atomic E-state index is 5.87. The molecule has 19 heavy (non-hydrogen) atoms. The van der Waals surface area contributed by atoms with Gasteiger partial charge in [0.25, 0.3) is 0 Å². The van der Waals surface area contributed by atoms with E-state index in [1.165, 1.54) is 35.2 Å². The number of nitrogens with zero attached hydrogens (tertiary/aromatic N) is 1. The van der Waals surface area contributed by atoms with Gasteiger partial charge in [-0.15, -0.1) is 0 Å². The van der Waals surface area contributed by atoms with Crippen molar-refractivity contribution in [1.29, 1.82) is 0 Å². The molecule has 1 heterocycles. The zero-order valence-corrected chi connectivity index (χ0v) is 13.8. The first-order chi connectivity index (χ1) is 8.97. The molecule has 1 aliphatic rings. The molecule has 1 fully saturated rings. The maximum Gasteiger partial charge on any atom is 0.0377 e. The van der Waals surface area contributed by atoms with Gasteiger partial charge in [-0.2, -0.15) is 0 Å². The fraction of sp³-hybridized carbons (Fsp3) is 0.625. The van der Waals surface area contributed by atoms with E-state index in [0.29, 0.717) is 0 Å². The van der Waals surface area contributed by atoms with Gasteiger partial charge < -0.3 is 10.6 Å². The van der Waals surface area contributed by atoms with E-state index >= 15 is 0 Å². The van der Waals surface area contributed by atoms with Crippen LogP contribution in [0.4, 0.5) is 5.69 Å². The Hall–Kier alpha value is -0.540. The van der Waals surface area contributed by atoms with Crippen LogP contribution < -0.4 is 10.6 Å². The third-order valence-corrected chi connectivity index (χ3v) is 4.85. The summed E-state index contributed by atoms with van der Waals surface area (Å²) in [7, 11) is 0. The Morgan fingerprint density at radius 3 is 2.63 bits per heavy atom. The summed E-state index contributed by atoms with van der Waals surface area (Å²) in [5.74, 6) is 1.62. The number of halogens is 1. The first kappa shape index (κ1) is 14.9. The molecule has 0 bridgehead atoms. The molecule has 1 saturated heterocycles. The zero-order valence-electron chi connectivity index (χ0n) is 12.2. The van der Waals surface area contributed by atoms with E-state index in [-0.39, 0.29) is 6.04 Å². The van der Waals surface area contributed by atoms with Crippen LogP contribution in [0.1, 0.15) is 32.8 Å². The quantitative estimate of drug-likeness (QED) is 0.912. The molecule has 0 aliphatic carbocycles. The van der Waals surface area contributed by atoms with Crippen LogP contribution in [0.15, 0.2) is 22.7 Å². The Kier molecular flexibility index (Phi) is 4.91. The number of rotatable bonds is 4. The molecule has 1 aliphatic heterocycles. The second-order valence-corrected chi connectivity index (χ2v) is 7.05. The molecule has 2 unspecified atom stereocenters. The SMILES string of the molecule is CC(N)Cc1ccc(N2CCC(C(C)C)C2)cc1Br. The Morgan fingerprint density at radius 2 is 2.11 bits per heavy atom. The number of hydrogen-bond acceptors (Lipinski definition) is 2. The molecule has 3 heteroatoms. The van der Waals surface area contributed by atoms with E-state index in [1.807, 2.05) is 6.92 Å². The minimum Gasteiger partial charge on any atom is -0.371 e. The van der Waals surface area contributed by atoms with Gasteiger partial charge in [0.1, 0.15) is 0 Å². The first-order valence-corrected chi connectivity index (χ1v) is 8.05. The summed E-state index contributed by atoms with van der Waals surface area (Å²) < 4.78 is 1.19. The summed E-state index contributed by atoms with van der Waals surface area (Å²) in [4.78, 5) is 2.51. The maximum absolute atomic E-state index is 5.87. The van der Waals surface area contributed by atoms with Crippen LogP contribution in [0.3, 0.4) is 0 Å². The lowest BCUT2D eigenvalue weighted by Crippen LogP contribution is -2.21.